The fourth-order valence-corrected chi connectivity index (χ4v) is 4.18. The molecule has 5 nitrogen and oxygen atoms in total. The van der Waals surface area contributed by atoms with Crippen LogP contribution < -0.4 is 15.2 Å². The van der Waals surface area contributed by atoms with Crippen molar-refractivity contribution in [2.45, 2.75) is 37.0 Å². The molecule has 1 saturated carbocycles. The van der Waals surface area contributed by atoms with Crippen LogP contribution >= 0.6 is 0 Å². The summed E-state index contributed by atoms with van der Waals surface area (Å²) in [6.45, 7) is 0.925. The zero-order chi connectivity index (χ0) is 15.3. The van der Waals surface area contributed by atoms with Gasteiger partial charge in [0.1, 0.15) is 5.75 Å². The van der Waals surface area contributed by atoms with Gasteiger partial charge >= 0.3 is 0 Å². The zero-order valence-corrected chi connectivity index (χ0v) is 13.3. The number of ether oxygens (including phenoxy) is 1. The van der Waals surface area contributed by atoms with Gasteiger partial charge in [-0.25, -0.2) is 13.1 Å². The highest BCUT2D eigenvalue weighted by Gasteiger charge is 2.22. The van der Waals surface area contributed by atoms with Crippen molar-refractivity contribution in [3.8, 4) is 5.75 Å². The fourth-order valence-electron chi connectivity index (χ4n) is 2.82. The summed E-state index contributed by atoms with van der Waals surface area (Å²) in [5, 5.41) is 0. The normalized spacial score (nSPS) is 16.3. The molecule has 6 heteroatoms. The molecule has 1 aliphatic rings. The Kier molecular flexibility index (Phi) is 5.61. The molecule has 0 aliphatic heterocycles. The molecule has 0 bridgehead atoms. The summed E-state index contributed by atoms with van der Waals surface area (Å²) < 4.78 is 32.9. The number of nitrogens with two attached hydrogens (primary N) is 1. The molecule has 0 aromatic heterocycles. The maximum atomic E-state index is 12.5. The highest BCUT2D eigenvalue weighted by Crippen LogP contribution is 2.25. The van der Waals surface area contributed by atoms with Gasteiger partial charge in [0, 0.05) is 6.54 Å². The third-order valence-corrected chi connectivity index (χ3v) is 5.53. The van der Waals surface area contributed by atoms with Gasteiger partial charge in [-0.2, -0.15) is 0 Å². The van der Waals surface area contributed by atoms with Crippen LogP contribution in [-0.2, 0) is 16.4 Å². The topological polar surface area (TPSA) is 81.4 Å². The molecule has 118 valence electrons. The standard InChI is InChI=1S/C15H24N2O3S/c1-20-14-6-7-15(13(10-14)8-9-16)21(18,19)17-11-12-4-2-3-5-12/h6-7,10,12,17H,2-5,8-9,11,16H2,1H3. The van der Waals surface area contributed by atoms with Gasteiger partial charge in [0.05, 0.1) is 12.0 Å². The van der Waals surface area contributed by atoms with Gasteiger partial charge in [-0.15, -0.1) is 0 Å². The third-order valence-electron chi connectivity index (χ3n) is 4.01. The maximum absolute atomic E-state index is 12.5. The second-order valence-electron chi connectivity index (χ2n) is 5.51. The van der Waals surface area contributed by atoms with Gasteiger partial charge < -0.3 is 10.5 Å². The summed E-state index contributed by atoms with van der Waals surface area (Å²) in [4.78, 5) is 0.312. The molecule has 0 heterocycles. The zero-order valence-electron chi connectivity index (χ0n) is 12.5. The molecule has 1 aromatic rings. The highest BCUT2D eigenvalue weighted by molar-refractivity contribution is 7.89. The molecule has 3 N–H and O–H groups in total. The molecule has 2 rings (SSSR count). The Balaban J connectivity index is 2.17. The molecule has 21 heavy (non-hydrogen) atoms. The van der Waals surface area contributed by atoms with Crippen LogP contribution in [0.2, 0.25) is 0 Å². The number of hydrogen-bond acceptors (Lipinski definition) is 4. The first-order valence-electron chi connectivity index (χ1n) is 7.43. The summed E-state index contributed by atoms with van der Waals surface area (Å²) >= 11 is 0. The minimum absolute atomic E-state index is 0.312. The maximum Gasteiger partial charge on any atom is 0.240 e. The van der Waals surface area contributed by atoms with Crippen molar-refractivity contribution in [3.63, 3.8) is 0 Å². The van der Waals surface area contributed by atoms with Gasteiger partial charge in [0.2, 0.25) is 10.0 Å². The summed E-state index contributed by atoms with van der Waals surface area (Å²) in [6, 6.07) is 5.02. The van der Waals surface area contributed by atoms with Crippen LogP contribution in [0.5, 0.6) is 5.75 Å². The summed E-state index contributed by atoms with van der Waals surface area (Å²) in [5.74, 6) is 1.11. The SMILES string of the molecule is COc1ccc(S(=O)(=O)NCC2CCCC2)c(CCN)c1. The fraction of sp³-hybridized carbons (Fsp3) is 0.600. The van der Waals surface area contributed by atoms with Crippen molar-refractivity contribution in [1.82, 2.24) is 4.72 Å². The predicted molar refractivity (Wildman–Crippen MR) is 82.9 cm³/mol. The van der Waals surface area contributed by atoms with Crippen LogP contribution in [-0.4, -0.2) is 28.6 Å². The first kappa shape index (κ1) is 16.3. The Labute approximate surface area is 126 Å². The van der Waals surface area contributed by atoms with E-state index < -0.39 is 10.0 Å². The monoisotopic (exact) mass is 312 g/mol. The number of rotatable bonds is 7. The first-order valence-corrected chi connectivity index (χ1v) is 8.92. The first-order chi connectivity index (χ1) is 10.1. The highest BCUT2D eigenvalue weighted by atomic mass is 32.2. The average molecular weight is 312 g/mol. The van der Waals surface area contributed by atoms with Crippen LogP contribution in [0, 0.1) is 5.92 Å². The quantitative estimate of drug-likeness (QED) is 0.802. The lowest BCUT2D eigenvalue weighted by Crippen LogP contribution is -2.29. The molecule has 0 atom stereocenters. The van der Waals surface area contributed by atoms with Crippen LogP contribution in [0.25, 0.3) is 0 Å². The molecule has 1 aromatic carbocycles. The number of sulfonamides is 1. The summed E-state index contributed by atoms with van der Waals surface area (Å²) in [7, 11) is -1.92. The van der Waals surface area contributed by atoms with E-state index in [2.05, 4.69) is 4.72 Å². The molecule has 1 aliphatic carbocycles. The lowest BCUT2D eigenvalue weighted by Gasteiger charge is -2.14. The van der Waals surface area contributed by atoms with Crippen molar-refractivity contribution < 1.29 is 13.2 Å². The molecule has 0 saturated heterocycles. The summed E-state index contributed by atoms with van der Waals surface area (Å²) in [6.07, 6.45) is 5.14. The number of nitrogens with one attached hydrogen (secondary N) is 1. The van der Waals surface area contributed by atoms with Crippen LogP contribution in [0.15, 0.2) is 23.1 Å². The van der Waals surface area contributed by atoms with Crippen molar-refractivity contribution in [2.75, 3.05) is 20.2 Å². The molecule has 0 radical (unpaired) electrons. The average Bonchev–Trinajstić information content (AvgIpc) is 2.99. The third kappa shape index (κ3) is 4.18. The number of hydrogen-bond donors (Lipinski definition) is 2. The predicted octanol–water partition coefficient (Wildman–Crippen LogP) is 1.66. The Morgan fingerprint density at radius 1 is 1.33 bits per heavy atom. The minimum atomic E-state index is -3.49. The molecule has 0 unspecified atom stereocenters. The van der Waals surface area contributed by atoms with Crippen LogP contribution in [0.1, 0.15) is 31.2 Å². The van der Waals surface area contributed by atoms with Gasteiger partial charge in [0.25, 0.3) is 0 Å². The largest absolute Gasteiger partial charge is 0.497 e. The van der Waals surface area contributed by atoms with Crippen LogP contribution in [0.3, 0.4) is 0 Å². The van der Waals surface area contributed by atoms with Crippen molar-refractivity contribution in [3.05, 3.63) is 23.8 Å². The van der Waals surface area contributed by atoms with E-state index in [-0.39, 0.29) is 0 Å². The smallest absolute Gasteiger partial charge is 0.240 e. The van der Waals surface area contributed by atoms with Crippen molar-refractivity contribution in [1.29, 1.82) is 0 Å². The Morgan fingerprint density at radius 3 is 2.67 bits per heavy atom. The number of methoxy groups -OCH3 is 1. The van der Waals surface area contributed by atoms with E-state index in [1.807, 2.05) is 0 Å². The van der Waals surface area contributed by atoms with Gasteiger partial charge in [-0.05, 0) is 55.5 Å². The Bertz CT molecular complexity index is 566. The van der Waals surface area contributed by atoms with Gasteiger partial charge in [0.15, 0.2) is 0 Å². The van der Waals surface area contributed by atoms with E-state index in [0.717, 1.165) is 12.8 Å². The second-order valence-corrected chi connectivity index (χ2v) is 7.25. The minimum Gasteiger partial charge on any atom is -0.497 e. The van der Waals surface area contributed by atoms with Crippen molar-refractivity contribution >= 4 is 10.0 Å². The second kappa shape index (κ2) is 7.24. The lowest BCUT2D eigenvalue weighted by molar-refractivity contribution is 0.413. The Morgan fingerprint density at radius 2 is 2.05 bits per heavy atom. The summed E-state index contributed by atoms with van der Waals surface area (Å²) in [5.41, 5.74) is 6.29. The van der Waals surface area contributed by atoms with E-state index >= 15 is 0 Å². The molecule has 1 fully saturated rings. The molecular weight excluding hydrogens is 288 g/mol. The van der Waals surface area contributed by atoms with E-state index in [4.69, 9.17) is 10.5 Å². The molecular formula is C15H24N2O3S. The Hall–Kier alpha value is -1.11. The lowest BCUT2D eigenvalue weighted by atomic mass is 10.1. The molecule has 0 amide bonds. The molecule has 0 spiro atoms. The van der Waals surface area contributed by atoms with E-state index in [9.17, 15) is 8.42 Å². The van der Waals surface area contributed by atoms with Crippen molar-refractivity contribution in [2.24, 2.45) is 11.7 Å². The van der Waals surface area contributed by atoms with Gasteiger partial charge in [-0.3, -0.25) is 0 Å². The van der Waals surface area contributed by atoms with Crippen LogP contribution in [0.4, 0.5) is 0 Å². The van der Waals surface area contributed by atoms with E-state index in [1.54, 1.807) is 25.3 Å². The van der Waals surface area contributed by atoms with E-state index in [1.165, 1.54) is 12.8 Å². The van der Waals surface area contributed by atoms with E-state index in [0.29, 0.717) is 41.6 Å². The van der Waals surface area contributed by atoms with Gasteiger partial charge in [-0.1, -0.05) is 12.8 Å². The number of benzene rings is 1.